The minimum absolute atomic E-state index is 0.305. The summed E-state index contributed by atoms with van der Waals surface area (Å²) in [6.45, 7) is 0. The molecule has 17 heavy (non-hydrogen) atoms. The number of benzene rings is 2. The molecule has 2 aromatic rings. The molecule has 0 spiro atoms. The van der Waals surface area contributed by atoms with Gasteiger partial charge in [-0.05, 0) is 46.9 Å². The van der Waals surface area contributed by atoms with Gasteiger partial charge in [-0.2, -0.15) is 0 Å². The van der Waals surface area contributed by atoms with Gasteiger partial charge in [-0.1, -0.05) is 24.3 Å². The van der Waals surface area contributed by atoms with Gasteiger partial charge in [0.05, 0.1) is 9.13 Å². The average molecular weight is 341 g/mol. The van der Waals surface area contributed by atoms with Crippen molar-refractivity contribution in [1.29, 1.82) is 0 Å². The van der Waals surface area contributed by atoms with E-state index in [4.69, 9.17) is 0 Å². The van der Waals surface area contributed by atoms with Crippen LogP contribution in [0.15, 0.2) is 48.5 Å². The van der Waals surface area contributed by atoms with E-state index in [1.54, 1.807) is 18.2 Å². The predicted molar refractivity (Wildman–Crippen MR) is 73.5 cm³/mol. The van der Waals surface area contributed by atoms with Gasteiger partial charge in [-0.25, -0.2) is 4.39 Å². The molecule has 0 aliphatic rings. The van der Waals surface area contributed by atoms with Gasteiger partial charge in [0.15, 0.2) is 0 Å². The first kappa shape index (κ1) is 12.0. The molecule has 0 aromatic heterocycles. The number of anilines is 1. The Morgan fingerprint density at radius 1 is 1.06 bits per heavy atom. The van der Waals surface area contributed by atoms with Crippen molar-refractivity contribution < 1.29 is 9.18 Å². The molecule has 0 radical (unpaired) electrons. The van der Waals surface area contributed by atoms with Crippen molar-refractivity contribution in [1.82, 2.24) is 0 Å². The number of amides is 1. The lowest BCUT2D eigenvalue weighted by Gasteiger charge is -2.07. The molecule has 86 valence electrons. The van der Waals surface area contributed by atoms with Crippen molar-refractivity contribution in [2.24, 2.45) is 0 Å². The third kappa shape index (κ3) is 2.82. The molecular weight excluding hydrogens is 332 g/mol. The number of halogens is 2. The predicted octanol–water partition coefficient (Wildman–Crippen LogP) is 3.68. The van der Waals surface area contributed by atoms with Crippen LogP contribution in [0.4, 0.5) is 10.1 Å². The van der Waals surface area contributed by atoms with Crippen LogP contribution in [0.1, 0.15) is 10.4 Å². The Balaban J connectivity index is 2.24. The van der Waals surface area contributed by atoms with Gasteiger partial charge >= 0.3 is 0 Å². The lowest BCUT2D eigenvalue weighted by Crippen LogP contribution is -2.13. The number of carbonyl (C=O) groups is 1. The highest BCUT2D eigenvalue weighted by atomic mass is 127. The Morgan fingerprint density at radius 3 is 2.47 bits per heavy atom. The quantitative estimate of drug-likeness (QED) is 0.830. The maximum Gasteiger partial charge on any atom is 0.256 e. The summed E-state index contributed by atoms with van der Waals surface area (Å²) in [5, 5.41) is 2.72. The van der Waals surface area contributed by atoms with Gasteiger partial charge < -0.3 is 5.32 Å². The smallest absolute Gasteiger partial charge is 0.256 e. The molecule has 0 fully saturated rings. The molecule has 4 heteroatoms. The summed E-state index contributed by atoms with van der Waals surface area (Å²) in [4.78, 5) is 11.9. The van der Waals surface area contributed by atoms with Gasteiger partial charge in [-0.3, -0.25) is 4.79 Å². The normalized spacial score (nSPS) is 10.0. The Morgan fingerprint density at radius 2 is 1.76 bits per heavy atom. The van der Waals surface area contributed by atoms with Crippen molar-refractivity contribution in [3.63, 3.8) is 0 Å². The number of rotatable bonds is 2. The molecule has 0 aliphatic carbocycles. The Kier molecular flexibility index (Phi) is 3.73. The topological polar surface area (TPSA) is 29.1 Å². The van der Waals surface area contributed by atoms with Crippen molar-refractivity contribution in [2.75, 3.05) is 5.32 Å². The summed E-state index contributed by atoms with van der Waals surface area (Å²) in [6, 6.07) is 13.5. The van der Waals surface area contributed by atoms with E-state index in [0.29, 0.717) is 14.8 Å². The first-order valence-corrected chi connectivity index (χ1v) is 6.07. The second kappa shape index (κ2) is 5.27. The van der Waals surface area contributed by atoms with E-state index >= 15 is 0 Å². The summed E-state index contributed by atoms with van der Waals surface area (Å²) in [7, 11) is 0. The zero-order chi connectivity index (χ0) is 12.3. The fourth-order valence-electron chi connectivity index (χ4n) is 1.40. The standard InChI is InChI=1S/C13H9FINO/c14-11-8-4-7-10(12(11)15)13(17)16-9-5-2-1-3-6-9/h1-8H,(H,16,17). The Labute approximate surface area is 112 Å². The van der Waals surface area contributed by atoms with Crippen molar-refractivity contribution in [2.45, 2.75) is 0 Å². The summed E-state index contributed by atoms with van der Waals surface area (Å²) in [6.07, 6.45) is 0. The molecule has 2 aromatic carbocycles. The minimum atomic E-state index is -0.383. The van der Waals surface area contributed by atoms with Crippen LogP contribution < -0.4 is 5.32 Å². The average Bonchev–Trinajstić information content (AvgIpc) is 2.34. The number of hydrogen-bond acceptors (Lipinski definition) is 1. The van der Waals surface area contributed by atoms with Crippen LogP contribution in [0, 0.1) is 9.39 Å². The Hall–Kier alpha value is -1.43. The maximum atomic E-state index is 13.3. The van der Waals surface area contributed by atoms with Crippen LogP contribution in [-0.4, -0.2) is 5.91 Å². The van der Waals surface area contributed by atoms with E-state index in [1.165, 1.54) is 12.1 Å². The molecule has 0 bridgehead atoms. The van der Waals surface area contributed by atoms with Gasteiger partial charge in [0.2, 0.25) is 0 Å². The van der Waals surface area contributed by atoms with Crippen molar-refractivity contribution in [3.8, 4) is 0 Å². The molecule has 2 nitrogen and oxygen atoms in total. The fourth-order valence-corrected chi connectivity index (χ4v) is 2.00. The maximum absolute atomic E-state index is 13.3. The lowest BCUT2D eigenvalue weighted by atomic mass is 10.2. The van der Waals surface area contributed by atoms with E-state index < -0.39 is 0 Å². The summed E-state index contributed by atoms with van der Waals surface area (Å²) in [5.41, 5.74) is 1.03. The van der Waals surface area contributed by atoms with Crippen LogP contribution >= 0.6 is 22.6 Å². The molecule has 1 N–H and O–H groups in total. The molecule has 0 unspecified atom stereocenters. The van der Waals surface area contributed by atoms with Gasteiger partial charge in [0.1, 0.15) is 5.82 Å². The number of hydrogen-bond donors (Lipinski definition) is 1. The third-order valence-electron chi connectivity index (χ3n) is 2.23. The SMILES string of the molecule is O=C(Nc1ccccc1)c1cccc(F)c1I. The van der Waals surface area contributed by atoms with Crippen molar-refractivity contribution in [3.05, 3.63) is 63.5 Å². The van der Waals surface area contributed by atoms with Gasteiger partial charge in [-0.15, -0.1) is 0 Å². The van der Waals surface area contributed by atoms with E-state index in [2.05, 4.69) is 5.32 Å². The van der Waals surface area contributed by atoms with Crippen LogP contribution in [0.25, 0.3) is 0 Å². The Bertz CT molecular complexity index is 542. The van der Waals surface area contributed by atoms with E-state index in [-0.39, 0.29) is 11.7 Å². The largest absolute Gasteiger partial charge is 0.322 e. The highest BCUT2D eigenvalue weighted by molar-refractivity contribution is 14.1. The molecule has 0 atom stereocenters. The zero-order valence-electron chi connectivity index (χ0n) is 8.78. The van der Waals surface area contributed by atoms with Crippen LogP contribution in [-0.2, 0) is 0 Å². The monoisotopic (exact) mass is 341 g/mol. The number of para-hydroxylation sites is 1. The molecule has 0 saturated heterocycles. The lowest BCUT2D eigenvalue weighted by molar-refractivity contribution is 0.102. The van der Waals surface area contributed by atoms with Gasteiger partial charge in [0.25, 0.3) is 5.91 Å². The molecule has 0 heterocycles. The van der Waals surface area contributed by atoms with E-state index in [9.17, 15) is 9.18 Å². The van der Waals surface area contributed by atoms with E-state index in [1.807, 2.05) is 40.8 Å². The second-order valence-corrected chi connectivity index (χ2v) is 4.50. The summed E-state index contributed by atoms with van der Waals surface area (Å²) >= 11 is 1.83. The summed E-state index contributed by atoms with van der Waals surface area (Å²) in [5.74, 6) is -0.689. The molecule has 2 rings (SSSR count). The highest BCUT2D eigenvalue weighted by Crippen LogP contribution is 2.17. The zero-order valence-corrected chi connectivity index (χ0v) is 10.9. The first-order chi connectivity index (χ1) is 8.18. The van der Waals surface area contributed by atoms with Crippen molar-refractivity contribution >= 4 is 34.2 Å². The van der Waals surface area contributed by atoms with Gasteiger partial charge in [0, 0.05) is 5.69 Å². The molecular formula is C13H9FINO. The fraction of sp³-hybridized carbons (Fsp3) is 0. The highest BCUT2D eigenvalue weighted by Gasteiger charge is 2.12. The van der Waals surface area contributed by atoms with Crippen LogP contribution in [0.3, 0.4) is 0 Å². The number of carbonyl (C=O) groups excluding carboxylic acids is 1. The minimum Gasteiger partial charge on any atom is -0.322 e. The number of nitrogens with one attached hydrogen (secondary N) is 1. The molecule has 1 amide bonds. The first-order valence-electron chi connectivity index (χ1n) is 4.99. The third-order valence-corrected chi connectivity index (χ3v) is 3.32. The summed E-state index contributed by atoms with van der Waals surface area (Å²) < 4.78 is 13.6. The van der Waals surface area contributed by atoms with E-state index in [0.717, 1.165) is 0 Å². The molecule has 0 aliphatic heterocycles. The van der Waals surface area contributed by atoms with Crippen LogP contribution in [0.5, 0.6) is 0 Å². The molecule has 0 saturated carbocycles. The second-order valence-electron chi connectivity index (χ2n) is 3.42. The van der Waals surface area contributed by atoms with Crippen LogP contribution in [0.2, 0.25) is 0 Å².